The molecule has 82 valence electrons. The molecule has 0 radical (unpaired) electrons. The second kappa shape index (κ2) is 7.00. The van der Waals surface area contributed by atoms with Gasteiger partial charge in [-0.25, -0.2) is 8.42 Å². The molecule has 0 heterocycles. The summed E-state index contributed by atoms with van der Waals surface area (Å²) in [5.74, 6) is 0.249. The van der Waals surface area contributed by atoms with Crippen LogP contribution in [0, 0.1) is 3.57 Å². The smallest absolute Gasteiger partial charge is 0.140 e. The summed E-state index contributed by atoms with van der Waals surface area (Å²) in [5.41, 5.74) is 1.25. The molecule has 1 rings (SSSR count). The van der Waals surface area contributed by atoms with Crippen LogP contribution in [0.1, 0.15) is 12.0 Å². The van der Waals surface area contributed by atoms with Crippen LogP contribution >= 0.6 is 22.6 Å². The Balaban J connectivity index is 2.33. The first-order valence-corrected chi connectivity index (χ1v) is 7.14. The van der Waals surface area contributed by atoms with E-state index in [-0.39, 0.29) is 5.75 Å². The number of thiol groups is 1. The van der Waals surface area contributed by atoms with Gasteiger partial charge in [0.1, 0.15) is 10.7 Å². The molecular formula is C11H13IO2S. The average Bonchev–Trinajstić information content (AvgIpc) is 2.20. The van der Waals surface area contributed by atoms with Crippen molar-refractivity contribution >= 4 is 33.3 Å². The van der Waals surface area contributed by atoms with E-state index >= 15 is 0 Å². The lowest BCUT2D eigenvalue weighted by molar-refractivity contribution is 0.614. The molecule has 2 nitrogen and oxygen atoms in total. The van der Waals surface area contributed by atoms with Crippen LogP contribution in [0.25, 0.3) is 0 Å². The summed E-state index contributed by atoms with van der Waals surface area (Å²) in [5, 5.41) is 0. The fourth-order valence-electron chi connectivity index (χ4n) is 1.14. The van der Waals surface area contributed by atoms with Crippen LogP contribution in [0.2, 0.25) is 0 Å². The number of benzene rings is 1. The molecule has 1 aromatic carbocycles. The molecule has 0 saturated heterocycles. The van der Waals surface area contributed by atoms with Crippen molar-refractivity contribution < 1.29 is 8.42 Å². The number of rotatable bonds is 5. The van der Waals surface area contributed by atoms with E-state index in [2.05, 4.69) is 46.9 Å². The van der Waals surface area contributed by atoms with Gasteiger partial charge in [-0.3, -0.25) is 0 Å². The molecule has 0 aliphatic heterocycles. The van der Waals surface area contributed by atoms with Gasteiger partial charge in [-0.05, 0) is 53.1 Å². The SMILES string of the molecule is O=[SH](=O)CCC=CCc1ccc(I)cc1. The van der Waals surface area contributed by atoms with Gasteiger partial charge in [0.25, 0.3) is 0 Å². The van der Waals surface area contributed by atoms with Gasteiger partial charge in [-0.2, -0.15) is 0 Å². The summed E-state index contributed by atoms with van der Waals surface area (Å²) in [4.78, 5) is 0. The number of halogens is 1. The van der Waals surface area contributed by atoms with Gasteiger partial charge in [-0.1, -0.05) is 24.3 Å². The molecule has 0 fully saturated rings. The van der Waals surface area contributed by atoms with Gasteiger partial charge < -0.3 is 0 Å². The normalized spacial score (nSPS) is 11.3. The minimum atomic E-state index is -2.23. The van der Waals surface area contributed by atoms with E-state index in [0.717, 1.165) is 6.42 Å². The van der Waals surface area contributed by atoms with Crippen LogP contribution in [0.15, 0.2) is 36.4 Å². The Labute approximate surface area is 105 Å². The first kappa shape index (κ1) is 12.7. The fourth-order valence-corrected chi connectivity index (χ4v) is 1.86. The number of allylic oxidation sites excluding steroid dienone is 2. The van der Waals surface area contributed by atoms with Gasteiger partial charge in [0.2, 0.25) is 0 Å². The van der Waals surface area contributed by atoms with Crippen molar-refractivity contribution in [2.24, 2.45) is 0 Å². The minimum absolute atomic E-state index is 0.249. The molecule has 15 heavy (non-hydrogen) atoms. The number of hydrogen-bond acceptors (Lipinski definition) is 2. The quantitative estimate of drug-likeness (QED) is 0.509. The van der Waals surface area contributed by atoms with Crippen molar-refractivity contribution in [2.45, 2.75) is 12.8 Å². The monoisotopic (exact) mass is 336 g/mol. The Kier molecular flexibility index (Phi) is 5.93. The Bertz CT molecular complexity index is 386. The maximum Gasteiger partial charge on any atom is 0.140 e. The molecule has 4 heteroatoms. The van der Waals surface area contributed by atoms with E-state index in [1.807, 2.05) is 12.2 Å². The molecule has 1 aromatic rings. The highest BCUT2D eigenvalue weighted by Gasteiger charge is 1.89. The van der Waals surface area contributed by atoms with E-state index in [4.69, 9.17) is 0 Å². The topological polar surface area (TPSA) is 34.1 Å². The second-order valence-electron chi connectivity index (χ2n) is 3.15. The van der Waals surface area contributed by atoms with Gasteiger partial charge in [0.05, 0.1) is 5.75 Å². The largest absolute Gasteiger partial charge is 0.232 e. The highest BCUT2D eigenvalue weighted by Crippen LogP contribution is 2.07. The lowest BCUT2D eigenvalue weighted by Gasteiger charge is -1.95. The van der Waals surface area contributed by atoms with Crippen LogP contribution < -0.4 is 0 Å². The Hall–Kier alpha value is -0.360. The van der Waals surface area contributed by atoms with Crippen molar-refractivity contribution in [3.63, 3.8) is 0 Å². The zero-order valence-corrected chi connectivity index (χ0v) is 11.3. The fraction of sp³-hybridized carbons (Fsp3) is 0.273. The standard InChI is InChI=1S/C11H13IO2S/c12-11-7-5-10(6-8-11)4-2-1-3-9-15(13)14/h1-2,5-8,15H,3-4,9H2. The zero-order valence-electron chi connectivity index (χ0n) is 8.23. The van der Waals surface area contributed by atoms with Crippen molar-refractivity contribution in [2.75, 3.05) is 5.75 Å². The van der Waals surface area contributed by atoms with Crippen molar-refractivity contribution in [3.05, 3.63) is 45.6 Å². The van der Waals surface area contributed by atoms with Crippen molar-refractivity contribution in [3.8, 4) is 0 Å². The highest BCUT2D eigenvalue weighted by atomic mass is 127. The van der Waals surface area contributed by atoms with Crippen LogP contribution in [0.5, 0.6) is 0 Å². The van der Waals surface area contributed by atoms with E-state index in [0.29, 0.717) is 6.42 Å². The van der Waals surface area contributed by atoms with Gasteiger partial charge in [0.15, 0.2) is 0 Å². The average molecular weight is 336 g/mol. The third-order valence-corrected chi connectivity index (χ3v) is 3.25. The second-order valence-corrected chi connectivity index (χ2v) is 5.51. The predicted octanol–water partition coefficient (Wildman–Crippen LogP) is 2.39. The first-order chi connectivity index (χ1) is 7.18. The molecule has 0 amide bonds. The summed E-state index contributed by atoms with van der Waals surface area (Å²) >= 11 is 2.27. The highest BCUT2D eigenvalue weighted by molar-refractivity contribution is 14.1. The van der Waals surface area contributed by atoms with Gasteiger partial charge in [0, 0.05) is 3.57 Å². The molecule has 0 spiro atoms. The summed E-state index contributed by atoms with van der Waals surface area (Å²) in [7, 11) is -2.23. The van der Waals surface area contributed by atoms with E-state index in [1.54, 1.807) is 0 Å². The maximum absolute atomic E-state index is 10.3. The lowest BCUT2D eigenvalue weighted by atomic mass is 10.1. The Morgan fingerprint density at radius 1 is 1.13 bits per heavy atom. The summed E-state index contributed by atoms with van der Waals surface area (Å²) in [6.45, 7) is 0. The van der Waals surface area contributed by atoms with Crippen molar-refractivity contribution in [1.82, 2.24) is 0 Å². The molecular weight excluding hydrogens is 323 g/mol. The Morgan fingerprint density at radius 3 is 2.40 bits per heavy atom. The van der Waals surface area contributed by atoms with E-state index in [9.17, 15) is 8.42 Å². The molecule has 0 aromatic heterocycles. The maximum atomic E-state index is 10.3. The van der Waals surface area contributed by atoms with Crippen LogP contribution in [0.3, 0.4) is 0 Å². The summed E-state index contributed by atoms with van der Waals surface area (Å²) in [6, 6.07) is 8.30. The molecule has 0 saturated carbocycles. The minimum Gasteiger partial charge on any atom is -0.232 e. The summed E-state index contributed by atoms with van der Waals surface area (Å²) < 4.78 is 21.8. The van der Waals surface area contributed by atoms with E-state index < -0.39 is 10.7 Å². The molecule has 0 aliphatic carbocycles. The molecule has 0 unspecified atom stereocenters. The first-order valence-electron chi connectivity index (χ1n) is 4.70. The van der Waals surface area contributed by atoms with Gasteiger partial charge >= 0.3 is 0 Å². The van der Waals surface area contributed by atoms with Crippen LogP contribution in [-0.2, 0) is 17.1 Å². The Morgan fingerprint density at radius 2 is 1.80 bits per heavy atom. The summed E-state index contributed by atoms with van der Waals surface area (Å²) in [6.07, 6.45) is 5.42. The predicted molar refractivity (Wildman–Crippen MR) is 71.8 cm³/mol. The molecule has 0 N–H and O–H groups in total. The third-order valence-electron chi connectivity index (χ3n) is 1.91. The van der Waals surface area contributed by atoms with Gasteiger partial charge in [-0.15, -0.1) is 0 Å². The molecule has 0 atom stereocenters. The van der Waals surface area contributed by atoms with Crippen molar-refractivity contribution in [1.29, 1.82) is 0 Å². The lowest BCUT2D eigenvalue weighted by Crippen LogP contribution is -1.84. The third kappa shape index (κ3) is 5.94. The van der Waals surface area contributed by atoms with Crippen LogP contribution in [-0.4, -0.2) is 14.2 Å². The van der Waals surface area contributed by atoms with Crippen LogP contribution in [0.4, 0.5) is 0 Å². The van der Waals surface area contributed by atoms with E-state index in [1.165, 1.54) is 9.13 Å². The molecule has 0 bridgehead atoms. The molecule has 0 aliphatic rings. The number of hydrogen-bond donors (Lipinski definition) is 1. The zero-order chi connectivity index (χ0) is 11.1.